The number of ether oxygens (including phenoxy) is 1. The Hall–Kier alpha value is -1.79. The molecule has 0 spiro atoms. The lowest BCUT2D eigenvalue weighted by atomic mass is 9.92. The van der Waals surface area contributed by atoms with Gasteiger partial charge in [-0.3, -0.25) is 0 Å². The SMILES string of the molecule is COc1pc(C(C)(C)C)c(O)c2cc3ccccc3cc12. The van der Waals surface area contributed by atoms with Gasteiger partial charge in [0.05, 0.1) is 7.11 Å². The maximum Gasteiger partial charge on any atom is 0.153 e. The standard InChI is InChI=1S/C18H19O2P/c1-18(2,3)16-15(19)13-9-11-7-5-6-8-12(11)10-14(13)17(20-4)21-16/h5-10,19H,1-4H3. The van der Waals surface area contributed by atoms with Gasteiger partial charge in [0, 0.05) is 16.1 Å². The van der Waals surface area contributed by atoms with Gasteiger partial charge in [-0.05, 0) is 36.5 Å². The van der Waals surface area contributed by atoms with Gasteiger partial charge in [-0.1, -0.05) is 45.0 Å². The Kier molecular flexibility index (Phi) is 3.30. The van der Waals surface area contributed by atoms with Crippen molar-refractivity contribution >= 4 is 29.7 Å². The molecule has 21 heavy (non-hydrogen) atoms. The van der Waals surface area contributed by atoms with Crippen molar-refractivity contribution in [2.75, 3.05) is 7.11 Å². The van der Waals surface area contributed by atoms with Gasteiger partial charge < -0.3 is 9.84 Å². The van der Waals surface area contributed by atoms with Crippen LogP contribution in [0, 0.1) is 0 Å². The Balaban J connectivity index is 2.47. The zero-order chi connectivity index (χ0) is 15.2. The molecule has 0 aliphatic carbocycles. The van der Waals surface area contributed by atoms with Crippen LogP contribution in [0.15, 0.2) is 36.4 Å². The summed E-state index contributed by atoms with van der Waals surface area (Å²) in [6.45, 7) is 6.35. The maximum absolute atomic E-state index is 10.7. The third kappa shape index (κ3) is 2.34. The van der Waals surface area contributed by atoms with Crippen LogP contribution in [0.4, 0.5) is 0 Å². The summed E-state index contributed by atoms with van der Waals surface area (Å²) >= 11 is 0. The van der Waals surface area contributed by atoms with Crippen molar-refractivity contribution in [1.82, 2.24) is 0 Å². The van der Waals surface area contributed by atoms with Crippen molar-refractivity contribution in [3.63, 3.8) is 0 Å². The smallest absolute Gasteiger partial charge is 0.153 e. The fourth-order valence-corrected chi connectivity index (χ4v) is 3.80. The molecule has 0 bridgehead atoms. The lowest BCUT2D eigenvalue weighted by Gasteiger charge is -2.22. The fraction of sp³-hybridized carbons (Fsp3) is 0.278. The highest BCUT2D eigenvalue weighted by Crippen LogP contribution is 2.49. The van der Waals surface area contributed by atoms with Crippen molar-refractivity contribution in [1.29, 1.82) is 0 Å². The number of rotatable bonds is 1. The first-order valence-electron chi connectivity index (χ1n) is 7.02. The van der Waals surface area contributed by atoms with E-state index in [4.69, 9.17) is 4.74 Å². The van der Waals surface area contributed by atoms with Crippen LogP contribution in [0.1, 0.15) is 26.1 Å². The molecule has 2 nitrogen and oxygen atoms in total. The number of aromatic hydroxyl groups is 1. The largest absolute Gasteiger partial charge is 0.507 e. The van der Waals surface area contributed by atoms with Crippen molar-refractivity contribution < 1.29 is 9.84 Å². The van der Waals surface area contributed by atoms with E-state index < -0.39 is 0 Å². The highest BCUT2D eigenvalue weighted by atomic mass is 31.0. The topological polar surface area (TPSA) is 29.5 Å². The molecule has 108 valence electrons. The first-order valence-corrected chi connectivity index (χ1v) is 7.91. The maximum atomic E-state index is 10.7. The van der Waals surface area contributed by atoms with E-state index in [1.807, 2.05) is 12.1 Å². The number of benzene rings is 2. The summed E-state index contributed by atoms with van der Waals surface area (Å²) in [5.74, 6) is 0.394. The molecule has 0 aliphatic heterocycles. The number of hydrogen-bond donors (Lipinski definition) is 1. The second kappa shape index (κ2) is 4.89. The molecule has 1 aromatic heterocycles. The Bertz CT molecular complexity index is 832. The summed E-state index contributed by atoms with van der Waals surface area (Å²) < 4.78 is 5.60. The van der Waals surface area contributed by atoms with Gasteiger partial charge in [0.25, 0.3) is 0 Å². The Labute approximate surface area is 126 Å². The van der Waals surface area contributed by atoms with Crippen LogP contribution in [0.3, 0.4) is 0 Å². The van der Waals surface area contributed by atoms with Crippen molar-refractivity contribution in [3.8, 4) is 11.2 Å². The molecule has 3 aromatic rings. The van der Waals surface area contributed by atoms with Crippen LogP contribution in [0.2, 0.25) is 0 Å². The summed E-state index contributed by atoms with van der Waals surface area (Å²) in [7, 11) is 2.65. The van der Waals surface area contributed by atoms with Crippen LogP contribution >= 0.6 is 8.19 Å². The van der Waals surface area contributed by atoms with Crippen LogP contribution in [-0.2, 0) is 5.41 Å². The third-order valence-electron chi connectivity index (χ3n) is 3.71. The minimum absolute atomic E-state index is 0.0985. The molecule has 0 aliphatic rings. The molecule has 0 unspecified atom stereocenters. The quantitative estimate of drug-likeness (QED) is 0.594. The first-order chi connectivity index (χ1) is 9.91. The van der Waals surface area contributed by atoms with Gasteiger partial charge in [0.15, 0.2) is 5.48 Å². The van der Waals surface area contributed by atoms with Gasteiger partial charge in [0.1, 0.15) is 5.75 Å². The molecule has 0 fully saturated rings. The van der Waals surface area contributed by atoms with E-state index in [0.29, 0.717) is 5.75 Å². The van der Waals surface area contributed by atoms with Crippen LogP contribution in [0.25, 0.3) is 21.5 Å². The van der Waals surface area contributed by atoms with Gasteiger partial charge in [-0.25, -0.2) is 0 Å². The predicted octanol–water partition coefficient (Wildman–Crippen LogP) is 5.58. The lowest BCUT2D eigenvalue weighted by molar-refractivity contribution is 0.429. The van der Waals surface area contributed by atoms with E-state index in [1.54, 1.807) is 7.11 Å². The molecule has 0 atom stereocenters. The molecule has 0 saturated carbocycles. The second-order valence-corrected chi connectivity index (χ2v) is 7.39. The number of methoxy groups -OCH3 is 1. The van der Waals surface area contributed by atoms with E-state index in [2.05, 4.69) is 45.0 Å². The normalized spacial score (nSPS) is 12.4. The Morgan fingerprint density at radius 1 is 1.00 bits per heavy atom. The number of hydrogen-bond acceptors (Lipinski definition) is 2. The number of fused-ring (bicyclic) bond motifs is 2. The molecule has 2 aromatic carbocycles. The van der Waals surface area contributed by atoms with Crippen LogP contribution in [0.5, 0.6) is 11.2 Å². The summed E-state index contributed by atoms with van der Waals surface area (Å²) in [5, 5.41) is 15.9. The van der Waals surface area contributed by atoms with Gasteiger partial charge >= 0.3 is 0 Å². The molecule has 3 rings (SSSR count). The van der Waals surface area contributed by atoms with Gasteiger partial charge in [0.2, 0.25) is 0 Å². The molecular formula is C18H19O2P. The summed E-state index contributed by atoms with van der Waals surface area (Å²) in [6.07, 6.45) is 0. The highest BCUT2D eigenvalue weighted by Gasteiger charge is 2.23. The van der Waals surface area contributed by atoms with Crippen molar-refractivity contribution in [3.05, 3.63) is 41.7 Å². The van der Waals surface area contributed by atoms with Crippen molar-refractivity contribution in [2.45, 2.75) is 26.2 Å². The van der Waals surface area contributed by atoms with Crippen LogP contribution in [-0.4, -0.2) is 12.2 Å². The minimum atomic E-state index is -0.0985. The molecular weight excluding hydrogens is 279 g/mol. The average Bonchev–Trinajstić information content (AvgIpc) is 2.45. The van der Waals surface area contributed by atoms with Gasteiger partial charge in [-0.2, -0.15) is 0 Å². The molecule has 0 radical (unpaired) electrons. The third-order valence-corrected chi connectivity index (χ3v) is 5.45. The lowest BCUT2D eigenvalue weighted by Crippen LogP contribution is -2.09. The van der Waals surface area contributed by atoms with Crippen LogP contribution < -0.4 is 4.74 Å². The summed E-state index contributed by atoms with van der Waals surface area (Å²) in [4.78, 5) is 0. The Morgan fingerprint density at radius 3 is 2.10 bits per heavy atom. The molecule has 1 N–H and O–H groups in total. The zero-order valence-corrected chi connectivity index (χ0v) is 13.7. The molecule has 0 saturated heterocycles. The molecule has 1 heterocycles. The Morgan fingerprint density at radius 2 is 1.57 bits per heavy atom. The first kappa shape index (κ1) is 14.2. The zero-order valence-electron chi connectivity index (χ0n) is 12.8. The highest BCUT2D eigenvalue weighted by molar-refractivity contribution is 7.34. The van der Waals surface area contributed by atoms with E-state index in [1.165, 1.54) is 0 Å². The molecule has 0 amide bonds. The summed E-state index contributed by atoms with van der Waals surface area (Å²) in [5.41, 5.74) is 0.803. The van der Waals surface area contributed by atoms with E-state index in [0.717, 1.165) is 40.5 Å². The monoisotopic (exact) mass is 298 g/mol. The predicted molar refractivity (Wildman–Crippen MR) is 90.9 cm³/mol. The van der Waals surface area contributed by atoms with E-state index >= 15 is 0 Å². The van der Waals surface area contributed by atoms with E-state index in [-0.39, 0.29) is 5.41 Å². The summed E-state index contributed by atoms with van der Waals surface area (Å²) in [6, 6.07) is 12.4. The average molecular weight is 298 g/mol. The van der Waals surface area contributed by atoms with E-state index in [9.17, 15) is 5.11 Å². The fourth-order valence-electron chi connectivity index (χ4n) is 2.63. The second-order valence-electron chi connectivity index (χ2n) is 6.31. The van der Waals surface area contributed by atoms with Crippen molar-refractivity contribution in [2.24, 2.45) is 0 Å². The molecule has 3 heteroatoms. The minimum Gasteiger partial charge on any atom is -0.507 e. The van der Waals surface area contributed by atoms with Gasteiger partial charge in [-0.15, -0.1) is 0 Å².